The minimum atomic E-state index is -0.0162. The molecule has 3 aromatic heterocycles. The van der Waals surface area contributed by atoms with Crippen LogP contribution in [0.5, 0.6) is 0 Å². The van der Waals surface area contributed by atoms with Crippen molar-refractivity contribution in [3.05, 3.63) is 53.8 Å². The molecule has 2 amide bonds. The number of H-pyrrole nitrogens is 1. The molecule has 0 atom stereocenters. The summed E-state index contributed by atoms with van der Waals surface area (Å²) in [6.45, 7) is 1.93. The Hall–Kier alpha value is -2.91. The zero-order valence-electron chi connectivity index (χ0n) is 16.7. The van der Waals surface area contributed by atoms with Crippen molar-refractivity contribution in [1.29, 1.82) is 0 Å². The van der Waals surface area contributed by atoms with E-state index in [0.717, 1.165) is 50.1 Å². The molecule has 4 heterocycles. The lowest BCUT2D eigenvalue weighted by atomic mass is 10.0. The molecular weight excluding hydrogens is 476 g/mol. The highest BCUT2D eigenvalue weighted by Crippen LogP contribution is 2.31. The Balaban J connectivity index is 1.37. The van der Waals surface area contributed by atoms with Crippen molar-refractivity contribution in [3.63, 3.8) is 0 Å². The van der Waals surface area contributed by atoms with Crippen molar-refractivity contribution in [2.24, 2.45) is 0 Å². The average Bonchev–Trinajstić information content (AvgIpc) is 3.45. The summed E-state index contributed by atoms with van der Waals surface area (Å²) in [4.78, 5) is 26.3. The van der Waals surface area contributed by atoms with Gasteiger partial charge in [-0.1, -0.05) is 22.0 Å². The smallest absolute Gasteiger partial charge is 0.317 e. The van der Waals surface area contributed by atoms with E-state index in [1.54, 1.807) is 17.5 Å². The van der Waals surface area contributed by atoms with E-state index in [9.17, 15) is 4.79 Å². The van der Waals surface area contributed by atoms with Gasteiger partial charge in [0.05, 0.1) is 21.4 Å². The Kier molecular flexibility index (Phi) is 5.61. The molecule has 0 saturated heterocycles. The number of halogens is 1. The lowest BCUT2D eigenvalue weighted by Gasteiger charge is -2.26. The minimum Gasteiger partial charge on any atom is -0.355 e. The molecule has 0 spiro atoms. The van der Waals surface area contributed by atoms with Crippen LogP contribution < -0.4 is 10.6 Å². The number of aromatic nitrogens is 3. The van der Waals surface area contributed by atoms with Gasteiger partial charge in [-0.3, -0.25) is 0 Å². The summed E-state index contributed by atoms with van der Waals surface area (Å²) in [5.41, 5.74) is 8.00. The van der Waals surface area contributed by atoms with Gasteiger partial charge >= 0.3 is 6.03 Å². The Morgan fingerprint density at radius 3 is 3.03 bits per heavy atom. The average molecular weight is 497 g/mol. The molecule has 1 aromatic carbocycles. The maximum atomic E-state index is 12.2. The number of rotatable bonds is 5. The quantitative estimate of drug-likeness (QED) is 0.335. The highest BCUT2D eigenvalue weighted by molar-refractivity contribution is 9.09. The molecule has 0 saturated carbocycles. The number of aromatic amines is 1. The summed E-state index contributed by atoms with van der Waals surface area (Å²) in [6.07, 6.45) is 4.73. The van der Waals surface area contributed by atoms with Crippen LogP contribution >= 0.6 is 27.3 Å². The van der Waals surface area contributed by atoms with Crippen LogP contribution in [0.4, 0.5) is 16.2 Å². The first-order valence-electron chi connectivity index (χ1n) is 10.1. The van der Waals surface area contributed by atoms with Crippen molar-refractivity contribution in [3.8, 4) is 0 Å². The van der Waals surface area contributed by atoms with Crippen LogP contribution in [0.25, 0.3) is 26.8 Å². The first-order valence-corrected chi connectivity index (χ1v) is 12.1. The number of carbonyl (C=O) groups is 1. The van der Waals surface area contributed by atoms with Gasteiger partial charge in [0.2, 0.25) is 0 Å². The number of thiazole rings is 1. The summed E-state index contributed by atoms with van der Waals surface area (Å²) in [5, 5.41) is 8.22. The molecule has 3 N–H and O–H groups in total. The number of alkyl halides is 1. The fraction of sp³-hybridized carbons (Fsp3) is 0.227. The zero-order chi connectivity index (χ0) is 21.2. The Morgan fingerprint density at radius 1 is 1.26 bits per heavy atom. The Morgan fingerprint density at radius 2 is 2.19 bits per heavy atom. The molecule has 9 heteroatoms. The maximum Gasteiger partial charge on any atom is 0.317 e. The van der Waals surface area contributed by atoms with E-state index in [1.165, 1.54) is 5.57 Å². The summed E-state index contributed by atoms with van der Waals surface area (Å²) < 4.78 is 1.15. The van der Waals surface area contributed by atoms with Crippen molar-refractivity contribution < 1.29 is 4.79 Å². The fourth-order valence-electron chi connectivity index (χ4n) is 3.76. The molecular formula is C22H21BrN6OS. The highest BCUT2D eigenvalue weighted by atomic mass is 79.9. The molecule has 4 aromatic rings. The van der Waals surface area contributed by atoms with E-state index in [0.29, 0.717) is 19.6 Å². The number of urea groups is 1. The van der Waals surface area contributed by atoms with Crippen molar-refractivity contribution in [2.45, 2.75) is 6.42 Å². The normalized spacial score (nSPS) is 14.1. The molecule has 158 valence electrons. The molecule has 0 fully saturated rings. The van der Waals surface area contributed by atoms with Gasteiger partial charge in [0, 0.05) is 47.9 Å². The van der Waals surface area contributed by atoms with Gasteiger partial charge in [0.15, 0.2) is 0 Å². The van der Waals surface area contributed by atoms with Crippen molar-refractivity contribution in [2.75, 3.05) is 30.3 Å². The van der Waals surface area contributed by atoms with E-state index in [4.69, 9.17) is 0 Å². The number of benzene rings is 1. The van der Waals surface area contributed by atoms with Crippen LogP contribution in [0.2, 0.25) is 0 Å². The highest BCUT2D eigenvalue weighted by Gasteiger charge is 2.19. The van der Waals surface area contributed by atoms with Crippen molar-refractivity contribution in [1.82, 2.24) is 25.2 Å². The van der Waals surface area contributed by atoms with Crippen LogP contribution in [0.1, 0.15) is 12.1 Å². The third-order valence-electron chi connectivity index (χ3n) is 5.36. The zero-order valence-corrected chi connectivity index (χ0v) is 19.1. The number of fused-ring (bicyclic) bond motifs is 2. The number of anilines is 2. The number of nitrogens with one attached hydrogen (secondary N) is 3. The van der Waals surface area contributed by atoms with Crippen LogP contribution in [-0.2, 0) is 0 Å². The third-order valence-corrected chi connectivity index (χ3v) is 6.54. The molecule has 0 radical (unpaired) electrons. The molecule has 0 unspecified atom stereocenters. The van der Waals surface area contributed by atoms with Gasteiger partial charge in [-0.05, 0) is 42.3 Å². The van der Waals surface area contributed by atoms with E-state index in [1.807, 2.05) is 28.6 Å². The second kappa shape index (κ2) is 8.68. The number of hydrogen-bond donors (Lipinski definition) is 3. The Bertz CT molecular complexity index is 1280. The van der Waals surface area contributed by atoms with E-state index in [2.05, 4.69) is 59.7 Å². The minimum absolute atomic E-state index is 0.0162. The van der Waals surface area contributed by atoms with Crippen molar-refractivity contribution >= 4 is 71.5 Å². The lowest BCUT2D eigenvalue weighted by molar-refractivity contribution is 0.204. The number of pyridine rings is 1. The van der Waals surface area contributed by atoms with E-state index >= 15 is 0 Å². The van der Waals surface area contributed by atoms with Gasteiger partial charge in [-0.25, -0.2) is 14.8 Å². The van der Waals surface area contributed by atoms with Gasteiger partial charge in [0.25, 0.3) is 0 Å². The number of hydrogen-bond acceptors (Lipinski definition) is 5. The fourth-order valence-corrected chi connectivity index (χ4v) is 4.68. The van der Waals surface area contributed by atoms with Crippen LogP contribution in [-0.4, -0.2) is 50.8 Å². The summed E-state index contributed by atoms with van der Waals surface area (Å²) in [7, 11) is 0. The molecule has 1 aliphatic rings. The van der Waals surface area contributed by atoms with Gasteiger partial charge in [-0.2, -0.15) is 0 Å². The van der Waals surface area contributed by atoms with Gasteiger partial charge in [-0.15, -0.1) is 11.3 Å². The first kappa shape index (κ1) is 20.0. The standard InChI is InChI=1S/C22H21BrN6OS/c23-6-8-25-22(30)29-9-4-14(5-10-29)19-12-16-17(3-7-24-21(16)28-19)27-15-1-2-18-20(11-15)31-13-26-18/h1-4,7,11-13H,5-6,8-10H2,(H,25,30)(H2,24,27,28). The first-order chi connectivity index (χ1) is 15.2. The monoisotopic (exact) mass is 496 g/mol. The van der Waals surface area contributed by atoms with Gasteiger partial charge in [0.1, 0.15) is 5.65 Å². The van der Waals surface area contributed by atoms with E-state index < -0.39 is 0 Å². The summed E-state index contributed by atoms with van der Waals surface area (Å²) >= 11 is 4.96. The number of nitrogens with zero attached hydrogens (tertiary/aromatic N) is 3. The summed E-state index contributed by atoms with van der Waals surface area (Å²) in [5.74, 6) is 0. The van der Waals surface area contributed by atoms with Crippen LogP contribution in [0.15, 0.2) is 48.1 Å². The third kappa shape index (κ3) is 4.15. The predicted molar refractivity (Wildman–Crippen MR) is 130 cm³/mol. The lowest BCUT2D eigenvalue weighted by Crippen LogP contribution is -2.42. The maximum absolute atomic E-state index is 12.2. The topological polar surface area (TPSA) is 85.9 Å². The van der Waals surface area contributed by atoms with Gasteiger partial charge < -0.3 is 20.5 Å². The largest absolute Gasteiger partial charge is 0.355 e. The number of carbonyl (C=O) groups excluding carboxylic acids is 1. The van der Waals surface area contributed by atoms with Crippen LogP contribution in [0.3, 0.4) is 0 Å². The molecule has 7 nitrogen and oxygen atoms in total. The molecule has 0 aliphatic carbocycles. The SMILES string of the molecule is O=C(NCCBr)N1CC=C(c2cc3c(Nc4ccc5ncsc5c4)ccnc3[nH]2)CC1. The molecule has 1 aliphatic heterocycles. The number of amides is 2. The predicted octanol–water partition coefficient (Wildman–Crippen LogP) is 5.11. The molecule has 5 rings (SSSR count). The van der Waals surface area contributed by atoms with E-state index in [-0.39, 0.29) is 6.03 Å². The van der Waals surface area contributed by atoms with Crippen LogP contribution in [0, 0.1) is 0 Å². The molecule has 0 bridgehead atoms. The molecule has 31 heavy (non-hydrogen) atoms. The second-order valence-electron chi connectivity index (χ2n) is 7.31. The summed E-state index contributed by atoms with van der Waals surface area (Å²) in [6, 6.07) is 10.3. The second-order valence-corrected chi connectivity index (χ2v) is 8.99. The Labute approximate surface area is 191 Å².